The van der Waals surface area contributed by atoms with Crippen molar-refractivity contribution in [3.8, 4) is 68.0 Å². The second kappa shape index (κ2) is 15.8. The van der Waals surface area contributed by atoms with Crippen LogP contribution in [0.4, 0.5) is 23.5 Å². The van der Waals surface area contributed by atoms with Gasteiger partial charge in [0, 0.05) is 22.3 Å². The molecule has 0 saturated carbocycles. The molecule has 4 aromatic heterocycles. The molecule has 0 fully saturated rings. The van der Waals surface area contributed by atoms with Crippen LogP contribution in [0.5, 0.6) is 23.0 Å². The largest absolute Gasteiger partial charge is 0.508 e. The first-order valence-electron chi connectivity index (χ1n) is 15.4. The van der Waals surface area contributed by atoms with E-state index in [0.29, 0.717) is 56.1 Å². The number of phenolic OH excluding ortho intramolecular Hbond substituents is 4. The van der Waals surface area contributed by atoms with Crippen LogP contribution in [-0.2, 0) is 0 Å². The van der Waals surface area contributed by atoms with Crippen molar-refractivity contribution in [2.45, 2.75) is 0 Å². The molecule has 0 saturated heterocycles. The van der Waals surface area contributed by atoms with Gasteiger partial charge in [0.2, 0.25) is 11.9 Å². The minimum atomic E-state index is -0.00346. The highest BCUT2D eigenvalue weighted by Gasteiger charge is 2.19. The van der Waals surface area contributed by atoms with Gasteiger partial charge in [-0.05, 0) is 48.5 Å². The van der Waals surface area contributed by atoms with Crippen LogP contribution in [0.25, 0.3) is 67.4 Å². The van der Waals surface area contributed by atoms with Crippen molar-refractivity contribution in [1.29, 1.82) is 0 Å². The molecular formula is C36H30Br2N12O4. The number of aromatic nitrogens is 8. The van der Waals surface area contributed by atoms with Crippen molar-refractivity contribution in [2.75, 3.05) is 22.9 Å². The molecule has 0 spiro atoms. The number of hydrogen-bond donors (Lipinski definition) is 8. The Balaban J connectivity index is 0.000000200. The summed E-state index contributed by atoms with van der Waals surface area (Å²) in [7, 11) is 0. The monoisotopic (exact) mass is 852 g/mol. The van der Waals surface area contributed by atoms with Gasteiger partial charge in [-0.1, -0.05) is 48.5 Å². The Morgan fingerprint density at radius 2 is 0.630 bits per heavy atom. The van der Waals surface area contributed by atoms with Gasteiger partial charge >= 0.3 is 0 Å². The summed E-state index contributed by atoms with van der Waals surface area (Å²) in [5.41, 5.74) is 28.7. The maximum atomic E-state index is 9.83. The molecule has 0 bridgehead atoms. The zero-order valence-corrected chi connectivity index (χ0v) is 31.2. The minimum Gasteiger partial charge on any atom is -0.508 e. The molecule has 0 atom stereocenters. The molecule has 16 nitrogen and oxygen atoms in total. The summed E-state index contributed by atoms with van der Waals surface area (Å²) in [5, 5.41) is 39.3. The number of halogens is 2. The van der Waals surface area contributed by atoms with E-state index >= 15 is 0 Å². The zero-order chi connectivity index (χ0) is 36.5. The van der Waals surface area contributed by atoms with E-state index in [0.717, 1.165) is 0 Å². The lowest BCUT2D eigenvalue weighted by molar-refractivity contribution is 0.475. The standard InChI is InChI=1S/2C18H14N6O2.2BrH/c2*19-16-15-17(24-18(20)23-16)22-14(10-4-2-6-12(26)8-10)13(21-15)9-3-1-5-11(25)7-9;;/h2*1-8,25-26H,(H4,19,20,22,23,24);2*1H. The normalized spacial score (nSPS) is 10.5. The molecule has 8 rings (SSSR count). The Bertz CT molecular complexity index is 2490. The number of benzene rings is 4. The third-order valence-electron chi connectivity index (χ3n) is 7.63. The maximum absolute atomic E-state index is 9.83. The Hall–Kier alpha value is -6.92. The van der Waals surface area contributed by atoms with Gasteiger partial charge in [0.25, 0.3) is 0 Å². The summed E-state index contributed by atoms with van der Waals surface area (Å²) in [4.78, 5) is 34.3. The molecule has 272 valence electrons. The number of aromatic hydroxyl groups is 4. The summed E-state index contributed by atoms with van der Waals surface area (Å²) >= 11 is 0. The number of anilines is 4. The first kappa shape index (κ1) is 38.3. The predicted molar refractivity (Wildman–Crippen MR) is 217 cm³/mol. The highest BCUT2D eigenvalue weighted by atomic mass is 79.9. The van der Waals surface area contributed by atoms with Gasteiger partial charge in [-0.2, -0.15) is 19.9 Å². The molecule has 54 heavy (non-hydrogen) atoms. The molecule has 18 heteroatoms. The van der Waals surface area contributed by atoms with Crippen LogP contribution < -0.4 is 22.9 Å². The van der Waals surface area contributed by atoms with E-state index in [1.54, 1.807) is 97.1 Å². The van der Waals surface area contributed by atoms with Crippen molar-refractivity contribution in [2.24, 2.45) is 0 Å². The van der Waals surface area contributed by atoms with Crippen LogP contribution in [0.3, 0.4) is 0 Å². The molecule has 12 N–H and O–H groups in total. The minimum absolute atomic E-state index is 0. The van der Waals surface area contributed by atoms with Gasteiger partial charge in [0.15, 0.2) is 34.0 Å². The highest BCUT2D eigenvalue weighted by Crippen LogP contribution is 2.36. The van der Waals surface area contributed by atoms with Gasteiger partial charge in [0.05, 0.1) is 22.8 Å². The smallest absolute Gasteiger partial charge is 0.224 e. The van der Waals surface area contributed by atoms with Crippen LogP contribution in [0.15, 0.2) is 97.1 Å². The Labute approximate surface area is 326 Å². The maximum Gasteiger partial charge on any atom is 0.224 e. The lowest BCUT2D eigenvalue weighted by Crippen LogP contribution is -2.05. The third-order valence-corrected chi connectivity index (χ3v) is 7.63. The summed E-state index contributed by atoms with van der Waals surface area (Å²) in [6, 6.07) is 26.5. The average molecular weight is 855 g/mol. The van der Waals surface area contributed by atoms with Gasteiger partial charge in [-0.15, -0.1) is 34.0 Å². The summed E-state index contributed by atoms with van der Waals surface area (Å²) in [6.07, 6.45) is 0. The van der Waals surface area contributed by atoms with E-state index in [1.807, 2.05) is 0 Å². The van der Waals surface area contributed by atoms with Gasteiger partial charge < -0.3 is 43.4 Å². The number of hydrogen-bond acceptors (Lipinski definition) is 16. The van der Waals surface area contributed by atoms with E-state index in [2.05, 4.69) is 39.9 Å². The fraction of sp³-hybridized carbons (Fsp3) is 0. The quantitative estimate of drug-likeness (QED) is 0.104. The summed E-state index contributed by atoms with van der Waals surface area (Å²) in [6.45, 7) is 0. The lowest BCUT2D eigenvalue weighted by Gasteiger charge is -2.11. The second-order valence-corrected chi connectivity index (χ2v) is 11.3. The topological polar surface area (TPSA) is 288 Å². The number of nitrogens with two attached hydrogens (primary N) is 4. The van der Waals surface area contributed by atoms with Crippen molar-refractivity contribution < 1.29 is 20.4 Å². The molecule has 0 aliphatic rings. The average Bonchev–Trinajstić information content (AvgIpc) is 3.11. The molecule has 4 aromatic carbocycles. The molecule has 0 unspecified atom stereocenters. The van der Waals surface area contributed by atoms with Crippen LogP contribution in [0, 0.1) is 0 Å². The highest BCUT2D eigenvalue weighted by molar-refractivity contribution is 8.93. The molecule has 0 amide bonds. The molecule has 0 radical (unpaired) electrons. The number of phenols is 4. The SMILES string of the molecule is Br.Br.Nc1nc(N)c2nc(-c3cccc(O)c3)c(-c3cccc(O)c3)nc2n1.Nc1nc(N)c2nc(-c3cccc(O)c3)c(-c3cccc(O)c3)nc2n1. The summed E-state index contributed by atoms with van der Waals surface area (Å²) < 4.78 is 0. The van der Waals surface area contributed by atoms with Crippen molar-refractivity contribution in [3.63, 3.8) is 0 Å². The number of fused-ring (bicyclic) bond motifs is 2. The molecule has 0 aliphatic heterocycles. The lowest BCUT2D eigenvalue weighted by atomic mass is 10.0. The number of nitrogens with zero attached hydrogens (tertiary/aromatic N) is 8. The van der Waals surface area contributed by atoms with Crippen molar-refractivity contribution >= 4 is 79.8 Å². The molecule has 8 aromatic rings. The van der Waals surface area contributed by atoms with Crippen molar-refractivity contribution in [3.05, 3.63) is 97.1 Å². The van der Waals surface area contributed by atoms with Crippen LogP contribution in [0.1, 0.15) is 0 Å². The Morgan fingerprint density at radius 3 is 0.907 bits per heavy atom. The fourth-order valence-electron chi connectivity index (χ4n) is 5.39. The zero-order valence-electron chi connectivity index (χ0n) is 27.7. The van der Waals surface area contributed by atoms with Gasteiger partial charge in [-0.25, -0.2) is 19.9 Å². The fourth-order valence-corrected chi connectivity index (χ4v) is 5.39. The van der Waals surface area contributed by atoms with Crippen molar-refractivity contribution in [1.82, 2.24) is 39.9 Å². The van der Waals surface area contributed by atoms with Crippen LogP contribution >= 0.6 is 34.0 Å². The summed E-state index contributed by atoms with van der Waals surface area (Å²) in [5.74, 6) is 0.585. The molecule has 0 aliphatic carbocycles. The molecular weight excluding hydrogens is 824 g/mol. The van der Waals surface area contributed by atoms with Crippen LogP contribution in [-0.4, -0.2) is 60.3 Å². The van der Waals surface area contributed by atoms with Crippen LogP contribution in [0.2, 0.25) is 0 Å². The molecule has 4 heterocycles. The first-order valence-corrected chi connectivity index (χ1v) is 15.4. The number of nitrogen functional groups attached to an aromatic ring is 4. The van der Waals surface area contributed by atoms with Gasteiger partial charge in [0.1, 0.15) is 23.0 Å². The third kappa shape index (κ3) is 7.93. The predicted octanol–water partition coefficient (Wildman–Crippen LogP) is 5.81. The van der Waals surface area contributed by atoms with E-state index in [1.165, 1.54) is 0 Å². The Kier molecular flexibility index (Phi) is 11.2. The van der Waals surface area contributed by atoms with E-state index < -0.39 is 0 Å². The Morgan fingerprint density at radius 1 is 0.352 bits per heavy atom. The van der Waals surface area contributed by atoms with E-state index in [4.69, 9.17) is 22.9 Å². The first-order chi connectivity index (χ1) is 25.0. The number of rotatable bonds is 4. The van der Waals surface area contributed by atoms with Gasteiger partial charge in [-0.3, -0.25) is 0 Å². The van der Waals surface area contributed by atoms with E-state index in [-0.39, 0.29) is 91.8 Å². The van der Waals surface area contributed by atoms with E-state index in [9.17, 15) is 20.4 Å². The second-order valence-electron chi connectivity index (χ2n) is 11.3.